The van der Waals surface area contributed by atoms with E-state index in [0.717, 1.165) is 25.0 Å². The first-order valence-corrected chi connectivity index (χ1v) is 10.2. The Hall–Kier alpha value is -1.87. The number of rotatable bonds is 5. The summed E-state index contributed by atoms with van der Waals surface area (Å²) in [6.07, 6.45) is 13.2. The molecule has 0 bridgehead atoms. The summed E-state index contributed by atoms with van der Waals surface area (Å²) in [7, 11) is 0. The van der Waals surface area contributed by atoms with Crippen LogP contribution in [-0.2, 0) is 6.54 Å². The maximum Gasteiger partial charge on any atom is 0.0568 e. The molecule has 26 heavy (non-hydrogen) atoms. The minimum atomic E-state index is 0.616. The average molecular weight is 350 g/mol. The summed E-state index contributed by atoms with van der Waals surface area (Å²) in [5, 5.41) is 8.22. The predicted molar refractivity (Wildman–Crippen MR) is 109 cm³/mol. The van der Waals surface area contributed by atoms with E-state index in [1.807, 2.05) is 10.9 Å². The van der Waals surface area contributed by atoms with Crippen LogP contribution in [0, 0.1) is 11.8 Å². The Balaban J connectivity index is 1.43. The predicted octanol–water partition coefficient (Wildman–Crippen LogP) is 5.14. The number of hydrogen-bond donors (Lipinski definition) is 1. The molecule has 1 saturated carbocycles. The lowest BCUT2D eigenvalue weighted by molar-refractivity contribution is 0.217. The van der Waals surface area contributed by atoms with Crippen molar-refractivity contribution in [2.75, 3.05) is 6.54 Å². The summed E-state index contributed by atoms with van der Waals surface area (Å²) in [6, 6.07) is 9.68. The molecule has 1 N–H and O–H groups in total. The lowest BCUT2D eigenvalue weighted by Crippen LogP contribution is -2.43. The van der Waals surface area contributed by atoms with Crippen molar-refractivity contribution >= 4 is 6.08 Å². The Morgan fingerprint density at radius 2 is 2.00 bits per heavy atom. The fraction of sp³-hybridized carbons (Fsp3) is 0.522. The number of piperidine rings is 1. The third-order valence-corrected chi connectivity index (χ3v) is 5.85. The van der Waals surface area contributed by atoms with E-state index < -0.39 is 0 Å². The second-order valence-corrected chi connectivity index (χ2v) is 8.48. The highest BCUT2D eigenvalue weighted by Crippen LogP contribution is 2.34. The van der Waals surface area contributed by atoms with Crippen LogP contribution in [0.2, 0.25) is 0 Å². The first-order chi connectivity index (χ1) is 12.7. The number of hydrogen-bond acceptors (Lipinski definition) is 2. The second kappa shape index (κ2) is 7.79. The van der Waals surface area contributed by atoms with Crippen LogP contribution < -0.4 is 5.32 Å². The molecule has 1 aromatic heterocycles. The van der Waals surface area contributed by atoms with Gasteiger partial charge in [0.15, 0.2) is 0 Å². The van der Waals surface area contributed by atoms with Crippen LogP contribution in [0.5, 0.6) is 0 Å². The standard InChI is InChI=1S/C23H31N3/c1-17(2)15-26-16-22(14-25-26)20-8-6-18(7-9-20)12-19-10-11-24-23(13-19)21-4-3-5-21/h6-9,12,14,16-17,21,23-24H,3-5,10-11,13,15H2,1-2H3/b19-12-. The Kier molecular flexibility index (Phi) is 5.26. The fourth-order valence-electron chi connectivity index (χ4n) is 4.18. The van der Waals surface area contributed by atoms with Crippen molar-refractivity contribution < 1.29 is 0 Å². The smallest absolute Gasteiger partial charge is 0.0568 e. The van der Waals surface area contributed by atoms with Crippen LogP contribution in [0.4, 0.5) is 0 Å². The van der Waals surface area contributed by atoms with Gasteiger partial charge in [0, 0.05) is 24.3 Å². The van der Waals surface area contributed by atoms with Gasteiger partial charge in [-0.15, -0.1) is 0 Å². The fourth-order valence-corrected chi connectivity index (χ4v) is 4.18. The van der Waals surface area contributed by atoms with Gasteiger partial charge in [-0.3, -0.25) is 4.68 Å². The molecule has 1 aliphatic carbocycles. The zero-order chi connectivity index (χ0) is 17.9. The highest BCUT2D eigenvalue weighted by atomic mass is 15.3. The van der Waals surface area contributed by atoms with Crippen LogP contribution >= 0.6 is 0 Å². The van der Waals surface area contributed by atoms with Crippen LogP contribution in [-0.4, -0.2) is 22.4 Å². The van der Waals surface area contributed by atoms with Gasteiger partial charge in [0.1, 0.15) is 0 Å². The number of nitrogens with zero attached hydrogens (tertiary/aromatic N) is 2. The van der Waals surface area contributed by atoms with Gasteiger partial charge in [-0.2, -0.15) is 5.10 Å². The van der Waals surface area contributed by atoms with Crippen molar-refractivity contribution in [1.29, 1.82) is 0 Å². The summed E-state index contributed by atoms with van der Waals surface area (Å²) in [5.74, 6) is 1.54. The van der Waals surface area contributed by atoms with Crippen molar-refractivity contribution in [2.24, 2.45) is 11.8 Å². The molecule has 0 radical (unpaired) electrons. The number of nitrogens with one attached hydrogen (secondary N) is 1. The molecule has 1 aliphatic heterocycles. The number of benzene rings is 1. The van der Waals surface area contributed by atoms with Crippen molar-refractivity contribution in [3.63, 3.8) is 0 Å². The van der Waals surface area contributed by atoms with Crippen molar-refractivity contribution in [1.82, 2.24) is 15.1 Å². The summed E-state index contributed by atoms with van der Waals surface area (Å²) in [4.78, 5) is 0. The average Bonchev–Trinajstić information content (AvgIpc) is 3.02. The summed E-state index contributed by atoms with van der Waals surface area (Å²) in [5.41, 5.74) is 5.39. The lowest BCUT2D eigenvalue weighted by Gasteiger charge is -2.37. The Morgan fingerprint density at radius 3 is 2.69 bits per heavy atom. The molecule has 3 nitrogen and oxygen atoms in total. The Bertz CT molecular complexity index is 750. The first kappa shape index (κ1) is 17.5. The van der Waals surface area contributed by atoms with Crippen LogP contribution in [0.1, 0.15) is 51.5 Å². The van der Waals surface area contributed by atoms with E-state index in [0.29, 0.717) is 5.92 Å². The summed E-state index contributed by atoms with van der Waals surface area (Å²) < 4.78 is 2.05. The van der Waals surface area contributed by atoms with Gasteiger partial charge in [-0.1, -0.05) is 56.2 Å². The molecule has 1 atom stereocenters. The maximum atomic E-state index is 4.48. The number of aromatic nitrogens is 2. The molecule has 4 rings (SSSR count). The zero-order valence-corrected chi connectivity index (χ0v) is 16.1. The van der Waals surface area contributed by atoms with Gasteiger partial charge >= 0.3 is 0 Å². The van der Waals surface area contributed by atoms with Crippen LogP contribution in [0.25, 0.3) is 17.2 Å². The molecule has 2 fully saturated rings. The van der Waals surface area contributed by atoms with Gasteiger partial charge in [0.25, 0.3) is 0 Å². The topological polar surface area (TPSA) is 29.9 Å². The van der Waals surface area contributed by atoms with Gasteiger partial charge in [-0.05, 0) is 55.2 Å². The van der Waals surface area contributed by atoms with E-state index >= 15 is 0 Å². The third-order valence-electron chi connectivity index (χ3n) is 5.85. The first-order valence-electron chi connectivity index (χ1n) is 10.2. The molecule has 0 spiro atoms. The van der Waals surface area contributed by atoms with E-state index in [1.165, 1.54) is 48.8 Å². The molecule has 1 aromatic carbocycles. The molecule has 2 aliphatic rings. The van der Waals surface area contributed by atoms with E-state index in [-0.39, 0.29) is 0 Å². The van der Waals surface area contributed by atoms with Crippen LogP contribution in [0.15, 0.2) is 42.2 Å². The maximum absolute atomic E-state index is 4.48. The summed E-state index contributed by atoms with van der Waals surface area (Å²) >= 11 is 0. The Labute approximate surface area is 157 Å². The van der Waals surface area contributed by atoms with E-state index in [2.05, 4.69) is 60.8 Å². The molecule has 2 aromatic rings. The van der Waals surface area contributed by atoms with E-state index in [4.69, 9.17) is 0 Å². The highest BCUT2D eigenvalue weighted by molar-refractivity contribution is 5.65. The molecular formula is C23H31N3. The van der Waals surface area contributed by atoms with Crippen LogP contribution in [0.3, 0.4) is 0 Å². The summed E-state index contributed by atoms with van der Waals surface area (Å²) in [6.45, 7) is 6.56. The van der Waals surface area contributed by atoms with E-state index in [9.17, 15) is 0 Å². The quantitative estimate of drug-likeness (QED) is 0.810. The second-order valence-electron chi connectivity index (χ2n) is 8.48. The normalized spacial score (nSPS) is 22.7. The Morgan fingerprint density at radius 1 is 1.19 bits per heavy atom. The third kappa shape index (κ3) is 4.09. The van der Waals surface area contributed by atoms with Gasteiger partial charge in [-0.25, -0.2) is 0 Å². The largest absolute Gasteiger partial charge is 0.313 e. The SMILES string of the molecule is CC(C)Cn1cc(-c2ccc(/C=C3/CCNC(C4CCC4)C3)cc2)cn1. The lowest BCUT2D eigenvalue weighted by atomic mass is 9.76. The van der Waals surface area contributed by atoms with Gasteiger partial charge < -0.3 is 5.32 Å². The van der Waals surface area contributed by atoms with Crippen molar-refractivity contribution in [3.8, 4) is 11.1 Å². The highest BCUT2D eigenvalue weighted by Gasteiger charge is 2.29. The van der Waals surface area contributed by atoms with Crippen molar-refractivity contribution in [3.05, 3.63) is 47.8 Å². The van der Waals surface area contributed by atoms with E-state index in [1.54, 1.807) is 5.57 Å². The molecular weight excluding hydrogens is 318 g/mol. The molecule has 1 saturated heterocycles. The minimum Gasteiger partial charge on any atom is -0.313 e. The molecule has 2 heterocycles. The molecule has 1 unspecified atom stereocenters. The monoisotopic (exact) mass is 349 g/mol. The van der Waals surface area contributed by atoms with Gasteiger partial charge in [0.2, 0.25) is 0 Å². The molecule has 3 heteroatoms. The van der Waals surface area contributed by atoms with Gasteiger partial charge in [0.05, 0.1) is 6.20 Å². The van der Waals surface area contributed by atoms with Crippen molar-refractivity contribution in [2.45, 2.75) is 58.5 Å². The molecule has 0 amide bonds. The minimum absolute atomic E-state index is 0.616. The molecule has 138 valence electrons. The zero-order valence-electron chi connectivity index (χ0n) is 16.1.